The minimum absolute atomic E-state index is 0.417. The summed E-state index contributed by atoms with van der Waals surface area (Å²) in [6, 6.07) is 2.21. The summed E-state index contributed by atoms with van der Waals surface area (Å²) >= 11 is 0. The molecule has 3 heterocycles. The van der Waals surface area contributed by atoms with E-state index in [0.29, 0.717) is 11.8 Å². The van der Waals surface area contributed by atoms with Gasteiger partial charge in [-0.3, -0.25) is 0 Å². The standard InChI is InChI=1S/C13H18N4/c1-8(2)12-16-11-5-10(7-15-13(11)17-12)9-3-4-14-6-9/h5,7-9,14H,3-4,6H2,1-2H3,(H,15,16,17). The molecule has 0 amide bonds. The third-order valence-electron chi connectivity index (χ3n) is 3.46. The average molecular weight is 230 g/mol. The van der Waals surface area contributed by atoms with Gasteiger partial charge in [0, 0.05) is 18.7 Å². The molecule has 0 aliphatic carbocycles. The van der Waals surface area contributed by atoms with Gasteiger partial charge < -0.3 is 10.3 Å². The minimum Gasteiger partial charge on any atom is -0.340 e. The Hall–Kier alpha value is -1.42. The molecule has 3 rings (SSSR count). The highest BCUT2D eigenvalue weighted by atomic mass is 15.0. The zero-order chi connectivity index (χ0) is 11.8. The Bertz CT molecular complexity index is 523. The molecule has 0 aromatic carbocycles. The number of hydrogen-bond donors (Lipinski definition) is 2. The SMILES string of the molecule is CC(C)c1nc2ncc(C3CCNC3)cc2[nH]1. The van der Waals surface area contributed by atoms with Crippen LogP contribution in [0.2, 0.25) is 0 Å². The van der Waals surface area contributed by atoms with Gasteiger partial charge in [-0.2, -0.15) is 0 Å². The number of pyridine rings is 1. The Morgan fingerprint density at radius 3 is 3.00 bits per heavy atom. The molecule has 2 aromatic heterocycles. The van der Waals surface area contributed by atoms with E-state index in [1.54, 1.807) is 0 Å². The van der Waals surface area contributed by atoms with E-state index in [-0.39, 0.29) is 0 Å². The fraction of sp³-hybridized carbons (Fsp3) is 0.538. The van der Waals surface area contributed by atoms with Gasteiger partial charge in [0.05, 0.1) is 5.52 Å². The molecule has 1 aliphatic rings. The van der Waals surface area contributed by atoms with Crippen LogP contribution in [0.4, 0.5) is 0 Å². The highest BCUT2D eigenvalue weighted by Gasteiger charge is 2.18. The lowest BCUT2D eigenvalue weighted by atomic mass is 10.0. The van der Waals surface area contributed by atoms with Crippen molar-refractivity contribution in [3.63, 3.8) is 0 Å². The van der Waals surface area contributed by atoms with Gasteiger partial charge in [0.2, 0.25) is 0 Å². The molecule has 4 nitrogen and oxygen atoms in total. The van der Waals surface area contributed by atoms with Crippen molar-refractivity contribution < 1.29 is 0 Å². The normalized spacial score (nSPS) is 20.5. The van der Waals surface area contributed by atoms with Gasteiger partial charge in [-0.1, -0.05) is 13.8 Å². The van der Waals surface area contributed by atoms with Gasteiger partial charge in [-0.15, -0.1) is 0 Å². The zero-order valence-corrected chi connectivity index (χ0v) is 10.3. The largest absolute Gasteiger partial charge is 0.340 e. The number of imidazole rings is 1. The van der Waals surface area contributed by atoms with Crippen LogP contribution in [-0.2, 0) is 0 Å². The Morgan fingerprint density at radius 2 is 2.29 bits per heavy atom. The number of nitrogens with zero attached hydrogens (tertiary/aromatic N) is 2. The van der Waals surface area contributed by atoms with Crippen molar-refractivity contribution in [2.24, 2.45) is 0 Å². The van der Waals surface area contributed by atoms with E-state index >= 15 is 0 Å². The maximum Gasteiger partial charge on any atom is 0.177 e. The number of aromatic amines is 1. The van der Waals surface area contributed by atoms with E-state index in [0.717, 1.165) is 30.1 Å². The summed E-state index contributed by atoms with van der Waals surface area (Å²) in [5.74, 6) is 2.05. The van der Waals surface area contributed by atoms with Crippen molar-refractivity contribution in [3.05, 3.63) is 23.7 Å². The number of rotatable bonds is 2. The third-order valence-corrected chi connectivity index (χ3v) is 3.46. The van der Waals surface area contributed by atoms with Gasteiger partial charge in [-0.05, 0) is 30.5 Å². The lowest BCUT2D eigenvalue weighted by molar-refractivity contribution is 0.760. The Morgan fingerprint density at radius 1 is 1.41 bits per heavy atom. The second-order valence-electron chi connectivity index (χ2n) is 5.11. The number of nitrogens with one attached hydrogen (secondary N) is 2. The van der Waals surface area contributed by atoms with Crippen molar-refractivity contribution >= 4 is 11.2 Å². The van der Waals surface area contributed by atoms with Crippen LogP contribution in [0.1, 0.15) is 43.5 Å². The van der Waals surface area contributed by atoms with Gasteiger partial charge in [0.1, 0.15) is 5.82 Å². The van der Waals surface area contributed by atoms with Gasteiger partial charge in [0.15, 0.2) is 5.65 Å². The van der Waals surface area contributed by atoms with Crippen LogP contribution in [0.25, 0.3) is 11.2 Å². The molecule has 1 unspecified atom stereocenters. The van der Waals surface area contributed by atoms with E-state index in [1.807, 2.05) is 6.20 Å². The Kier molecular flexibility index (Phi) is 2.59. The first-order chi connectivity index (χ1) is 8.24. The summed E-state index contributed by atoms with van der Waals surface area (Å²) in [4.78, 5) is 12.3. The second-order valence-corrected chi connectivity index (χ2v) is 5.11. The molecule has 0 spiro atoms. The highest BCUT2D eigenvalue weighted by molar-refractivity contribution is 5.71. The molecule has 0 bridgehead atoms. The molecule has 1 atom stereocenters. The smallest absolute Gasteiger partial charge is 0.177 e. The number of hydrogen-bond acceptors (Lipinski definition) is 3. The molecular formula is C13H18N4. The number of fused-ring (bicyclic) bond motifs is 1. The molecule has 2 aromatic rings. The Balaban J connectivity index is 2.00. The van der Waals surface area contributed by atoms with Crippen molar-refractivity contribution in [2.75, 3.05) is 13.1 Å². The summed E-state index contributed by atoms with van der Waals surface area (Å²) in [7, 11) is 0. The molecule has 2 N–H and O–H groups in total. The topological polar surface area (TPSA) is 53.6 Å². The number of aromatic nitrogens is 3. The molecule has 4 heteroatoms. The van der Waals surface area contributed by atoms with Crippen molar-refractivity contribution in [1.82, 2.24) is 20.3 Å². The average Bonchev–Trinajstić information content (AvgIpc) is 2.97. The van der Waals surface area contributed by atoms with Crippen LogP contribution in [0.15, 0.2) is 12.3 Å². The van der Waals surface area contributed by atoms with Gasteiger partial charge in [-0.25, -0.2) is 9.97 Å². The van der Waals surface area contributed by atoms with Gasteiger partial charge >= 0.3 is 0 Å². The first kappa shape index (κ1) is 10.7. The second kappa shape index (κ2) is 4.11. The lowest BCUT2D eigenvalue weighted by Gasteiger charge is -2.07. The first-order valence-corrected chi connectivity index (χ1v) is 6.30. The van der Waals surface area contributed by atoms with E-state index in [2.05, 4.69) is 40.2 Å². The molecule has 1 fully saturated rings. The molecule has 1 aliphatic heterocycles. The van der Waals surface area contributed by atoms with Crippen LogP contribution in [-0.4, -0.2) is 28.0 Å². The maximum atomic E-state index is 4.50. The summed E-state index contributed by atoms with van der Waals surface area (Å²) in [6.45, 7) is 6.46. The van der Waals surface area contributed by atoms with Crippen molar-refractivity contribution in [1.29, 1.82) is 0 Å². The third kappa shape index (κ3) is 1.93. The summed E-state index contributed by atoms with van der Waals surface area (Å²) in [5, 5.41) is 3.39. The zero-order valence-electron chi connectivity index (χ0n) is 10.3. The summed E-state index contributed by atoms with van der Waals surface area (Å²) < 4.78 is 0. The predicted octanol–water partition coefficient (Wildman–Crippen LogP) is 2.16. The summed E-state index contributed by atoms with van der Waals surface area (Å²) in [6.07, 6.45) is 3.18. The quantitative estimate of drug-likeness (QED) is 0.831. The summed E-state index contributed by atoms with van der Waals surface area (Å²) in [5.41, 5.74) is 3.22. The molecule has 1 saturated heterocycles. The fourth-order valence-electron chi connectivity index (χ4n) is 2.37. The predicted molar refractivity (Wildman–Crippen MR) is 68.2 cm³/mol. The molecule has 90 valence electrons. The molecule has 0 radical (unpaired) electrons. The van der Waals surface area contributed by atoms with Crippen LogP contribution < -0.4 is 5.32 Å². The van der Waals surface area contributed by atoms with E-state index in [1.165, 1.54) is 12.0 Å². The first-order valence-electron chi connectivity index (χ1n) is 6.30. The van der Waals surface area contributed by atoms with Crippen LogP contribution in [0.5, 0.6) is 0 Å². The van der Waals surface area contributed by atoms with E-state index in [9.17, 15) is 0 Å². The monoisotopic (exact) mass is 230 g/mol. The van der Waals surface area contributed by atoms with Crippen molar-refractivity contribution in [3.8, 4) is 0 Å². The van der Waals surface area contributed by atoms with E-state index in [4.69, 9.17) is 0 Å². The minimum atomic E-state index is 0.417. The maximum absolute atomic E-state index is 4.50. The van der Waals surface area contributed by atoms with Crippen LogP contribution in [0, 0.1) is 0 Å². The lowest BCUT2D eigenvalue weighted by Crippen LogP contribution is -2.08. The fourth-order valence-corrected chi connectivity index (χ4v) is 2.37. The van der Waals surface area contributed by atoms with Crippen LogP contribution >= 0.6 is 0 Å². The molecular weight excluding hydrogens is 212 g/mol. The molecule has 17 heavy (non-hydrogen) atoms. The number of H-pyrrole nitrogens is 1. The van der Waals surface area contributed by atoms with E-state index < -0.39 is 0 Å². The van der Waals surface area contributed by atoms with Crippen LogP contribution in [0.3, 0.4) is 0 Å². The Labute approximate surface area is 101 Å². The molecule has 0 saturated carbocycles. The van der Waals surface area contributed by atoms with Crippen molar-refractivity contribution in [2.45, 2.75) is 32.1 Å². The highest BCUT2D eigenvalue weighted by Crippen LogP contribution is 2.24. The van der Waals surface area contributed by atoms with Gasteiger partial charge in [0.25, 0.3) is 0 Å².